The fourth-order valence-corrected chi connectivity index (χ4v) is 8.03. The van der Waals surface area contributed by atoms with Crippen molar-refractivity contribution in [3.8, 4) is 0 Å². The van der Waals surface area contributed by atoms with Crippen molar-refractivity contribution in [3.63, 3.8) is 0 Å². The van der Waals surface area contributed by atoms with E-state index in [2.05, 4.69) is 86.5 Å². The molecule has 0 radical (unpaired) electrons. The topological polar surface area (TPSA) is 12.0 Å². The molecule has 0 atom stereocenters. The maximum absolute atomic E-state index is 3.98. The first-order valence-electron chi connectivity index (χ1n) is 8.30. The van der Waals surface area contributed by atoms with E-state index >= 15 is 0 Å². The van der Waals surface area contributed by atoms with Crippen LogP contribution < -0.4 is 4.98 Å². The van der Waals surface area contributed by atoms with E-state index in [-0.39, 0.29) is 16.4 Å². The molecule has 0 unspecified atom stereocenters. The number of hydrogen-bond donors (Lipinski definition) is 1. The molecular formula is C19H37NSi. The molecule has 1 N–H and O–H groups in total. The third-order valence-electron chi connectivity index (χ3n) is 4.11. The van der Waals surface area contributed by atoms with Crippen molar-refractivity contribution in [1.82, 2.24) is 4.98 Å². The van der Waals surface area contributed by atoms with Crippen molar-refractivity contribution in [2.24, 2.45) is 10.8 Å². The van der Waals surface area contributed by atoms with Crippen LogP contribution in [-0.4, -0.2) is 13.8 Å². The van der Waals surface area contributed by atoms with Gasteiger partial charge in [0, 0.05) is 5.54 Å². The highest BCUT2D eigenvalue weighted by molar-refractivity contribution is 6.83. The predicted molar refractivity (Wildman–Crippen MR) is 99.0 cm³/mol. The molecule has 0 heterocycles. The lowest BCUT2D eigenvalue weighted by molar-refractivity contribution is 0.484. The van der Waals surface area contributed by atoms with Crippen LogP contribution in [0.2, 0.25) is 13.1 Å². The van der Waals surface area contributed by atoms with E-state index in [0.717, 1.165) is 6.42 Å². The fourth-order valence-electron chi connectivity index (χ4n) is 3.65. The summed E-state index contributed by atoms with van der Waals surface area (Å²) >= 11 is 0. The minimum Gasteiger partial charge on any atom is -0.329 e. The summed E-state index contributed by atoms with van der Waals surface area (Å²) in [7, 11) is -1.69. The zero-order valence-corrected chi connectivity index (χ0v) is 17.3. The molecule has 0 saturated heterocycles. The van der Waals surface area contributed by atoms with Crippen molar-refractivity contribution >= 4 is 8.24 Å². The number of nitrogens with one attached hydrogen (secondary N) is 1. The van der Waals surface area contributed by atoms with Gasteiger partial charge in [0.25, 0.3) is 0 Å². The maximum atomic E-state index is 3.98. The molecule has 2 heteroatoms. The van der Waals surface area contributed by atoms with Crippen LogP contribution in [0, 0.1) is 10.8 Å². The molecule has 0 aromatic rings. The fraction of sp³-hybridized carbons (Fsp3) is 0.789. The van der Waals surface area contributed by atoms with Crippen molar-refractivity contribution in [3.05, 3.63) is 22.4 Å². The minimum absolute atomic E-state index is 0.164. The first-order valence-corrected chi connectivity index (χ1v) is 11.3. The Morgan fingerprint density at radius 2 is 1.33 bits per heavy atom. The Hall–Kier alpha value is -0.343. The Morgan fingerprint density at radius 3 is 1.67 bits per heavy atom. The molecule has 122 valence electrons. The van der Waals surface area contributed by atoms with Gasteiger partial charge in [0.1, 0.15) is 0 Å². The molecule has 1 nitrogen and oxygen atoms in total. The predicted octanol–water partition coefficient (Wildman–Crippen LogP) is 5.84. The second kappa shape index (κ2) is 5.38. The first kappa shape index (κ1) is 18.7. The van der Waals surface area contributed by atoms with Crippen LogP contribution in [0.5, 0.6) is 0 Å². The Balaban J connectivity index is 3.43. The highest BCUT2D eigenvalue weighted by Crippen LogP contribution is 2.47. The van der Waals surface area contributed by atoms with E-state index < -0.39 is 8.24 Å². The lowest BCUT2D eigenvalue weighted by Crippen LogP contribution is -2.56. The van der Waals surface area contributed by atoms with Crippen LogP contribution in [0.4, 0.5) is 0 Å². The van der Waals surface area contributed by atoms with Crippen LogP contribution in [-0.2, 0) is 0 Å². The zero-order valence-electron chi connectivity index (χ0n) is 16.3. The Kier molecular flexibility index (Phi) is 4.79. The zero-order chi connectivity index (χ0) is 16.9. The van der Waals surface area contributed by atoms with Gasteiger partial charge in [-0.05, 0) is 48.8 Å². The largest absolute Gasteiger partial charge is 0.329 e. The molecule has 1 aliphatic carbocycles. The van der Waals surface area contributed by atoms with Crippen molar-refractivity contribution in [2.75, 3.05) is 0 Å². The summed E-state index contributed by atoms with van der Waals surface area (Å²) in [4.78, 5) is 3.98. The number of allylic oxidation sites excluding steroid dienone is 4. The van der Waals surface area contributed by atoms with Crippen LogP contribution in [0.3, 0.4) is 0 Å². The second-order valence-electron chi connectivity index (χ2n) is 10.2. The molecule has 21 heavy (non-hydrogen) atoms. The van der Waals surface area contributed by atoms with Gasteiger partial charge >= 0.3 is 0 Å². The van der Waals surface area contributed by atoms with Crippen LogP contribution in [0.25, 0.3) is 0 Å². The average Bonchev–Trinajstić information content (AvgIpc) is 2.55. The van der Waals surface area contributed by atoms with Crippen LogP contribution >= 0.6 is 0 Å². The van der Waals surface area contributed by atoms with Gasteiger partial charge in [-0.3, -0.25) is 0 Å². The minimum atomic E-state index is -1.69. The second-order valence-corrected chi connectivity index (χ2v) is 14.2. The molecule has 1 rings (SSSR count). The molecule has 1 aliphatic rings. The van der Waals surface area contributed by atoms with Crippen LogP contribution in [0.1, 0.15) is 68.7 Å². The molecule has 0 amide bonds. The first-order chi connectivity index (χ1) is 9.06. The third-order valence-corrected chi connectivity index (χ3v) is 7.30. The monoisotopic (exact) mass is 307 g/mol. The number of hydrogen-bond acceptors (Lipinski definition) is 1. The van der Waals surface area contributed by atoms with Gasteiger partial charge in [0.15, 0.2) is 8.24 Å². The van der Waals surface area contributed by atoms with Crippen molar-refractivity contribution < 1.29 is 0 Å². The lowest BCUT2D eigenvalue weighted by atomic mass is 9.83. The lowest BCUT2D eigenvalue weighted by Gasteiger charge is -2.40. The van der Waals surface area contributed by atoms with Crippen molar-refractivity contribution in [1.29, 1.82) is 0 Å². The highest BCUT2D eigenvalue weighted by atomic mass is 28.3. The van der Waals surface area contributed by atoms with Gasteiger partial charge < -0.3 is 4.98 Å². The van der Waals surface area contributed by atoms with E-state index in [0.29, 0.717) is 0 Å². The summed E-state index contributed by atoms with van der Waals surface area (Å²) < 4.78 is 0. The average molecular weight is 308 g/mol. The normalized spacial score (nSPS) is 18.3. The summed E-state index contributed by atoms with van der Waals surface area (Å²) in [5.74, 6) is 0. The molecule has 0 bridgehead atoms. The standard InChI is InChI=1S/C19H37NSi/c1-17(2,3)14-12-13-15(18(4,5)6)16(14)21(10,11)20-19(7,8)9/h12,20H,13H2,1-11H3. The Bertz CT molecular complexity index is 459. The van der Waals surface area contributed by atoms with E-state index in [1.165, 1.54) is 0 Å². The van der Waals surface area contributed by atoms with Gasteiger partial charge in [0.2, 0.25) is 0 Å². The smallest absolute Gasteiger partial charge is 0.152 e. The van der Waals surface area contributed by atoms with E-state index in [1.54, 1.807) is 16.3 Å². The maximum Gasteiger partial charge on any atom is 0.152 e. The Labute approximate surface area is 134 Å². The van der Waals surface area contributed by atoms with Gasteiger partial charge in [-0.2, -0.15) is 0 Å². The summed E-state index contributed by atoms with van der Waals surface area (Å²) in [5.41, 5.74) is 3.88. The molecule has 0 aromatic heterocycles. The highest BCUT2D eigenvalue weighted by Gasteiger charge is 2.41. The van der Waals surface area contributed by atoms with E-state index in [4.69, 9.17) is 0 Å². The summed E-state index contributed by atoms with van der Waals surface area (Å²) in [6.45, 7) is 26.0. The van der Waals surface area contributed by atoms with E-state index in [1.807, 2.05) is 0 Å². The van der Waals surface area contributed by atoms with E-state index in [9.17, 15) is 0 Å². The molecule has 0 aromatic carbocycles. The summed E-state index contributed by atoms with van der Waals surface area (Å²) in [5, 5.41) is 1.68. The molecule has 0 aliphatic heterocycles. The summed E-state index contributed by atoms with van der Waals surface area (Å²) in [6.07, 6.45) is 3.63. The number of rotatable bonds is 2. The van der Waals surface area contributed by atoms with Crippen molar-refractivity contribution in [2.45, 2.75) is 87.4 Å². The SMILES string of the molecule is CC(C)(C)N[Si](C)(C)C1=C(C(C)(C)C)CC=C1C(C)(C)C. The van der Waals surface area contributed by atoms with Gasteiger partial charge in [-0.1, -0.05) is 66.3 Å². The van der Waals surface area contributed by atoms with Crippen LogP contribution in [0.15, 0.2) is 22.4 Å². The quantitative estimate of drug-likeness (QED) is 0.632. The molecule has 0 fully saturated rings. The van der Waals surface area contributed by atoms with Gasteiger partial charge in [-0.15, -0.1) is 0 Å². The molecule has 0 spiro atoms. The molecule has 0 saturated carbocycles. The molecular weight excluding hydrogens is 270 g/mol. The third kappa shape index (κ3) is 4.56. The van der Waals surface area contributed by atoms with Gasteiger partial charge in [-0.25, -0.2) is 0 Å². The summed E-state index contributed by atoms with van der Waals surface area (Å²) in [6, 6.07) is 0. The van der Waals surface area contributed by atoms with Gasteiger partial charge in [0.05, 0.1) is 0 Å². The Morgan fingerprint density at radius 1 is 0.857 bits per heavy atom.